The molecule has 1 aromatic heterocycles. The third kappa shape index (κ3) is 4.76. The minimum absolute atomic E-state index is 0.197. The van der Waals surface area contributed by atoms with Crippen molar-refractivity contribution >= 4 is 32.9 Å². The van der Waals surface area contributed by atoms with Crippen LogP contribution in [-0.2, 0) is 29.0 Å². The number of esters is 1. The lowest BCUT2D eigenvalue weighted by Crippen LogP contribution is -2.09. The fourth-order valence-electron chi connectivity index (χ4n) is 3.22. The van der Waals surface area contributed by atoms with Gasteiger partial charge in [-0.05, 0) is 50.1 Å². The first-order valence-electron chi connectivity index (χ1n) is 9.59. The van der Waals surface area contributed by atoms with Crippen LogP contribution in [0.25, 0.3) is 11.0 Å². The molecule has 5 heteroatoms. The average molecular weight is 445 g/mol. The number of aryl methyl sites for hydroxylation is 2. The van der Waals surface area contributed by atoms with Gasteiger partial charge in [0.1, 0.15) is 23.7 Å². The zero-order chi connectivity index (χ0) is 20.1. The van der Waals surface area contributed by atoms with Crippen LogP contribution in [-0.4, -0.2) is 12.6 Å². The minimum Gasteiger partial charge on any atom is -0.488 e. The van der Waals surface area contributed by atoms with E-state index in [1.54, 1.807) is 0 Å². The van der Waals surface area contributed by atoms with Crippen LogP contribution in [0.3, 0.4) is 0 Å². The van der Waals surface area contributed by atoms with Crippen molar-refractivity contribution < 1.29 is 18.7 Å². The van der Waals surface area contributed by atoms with E-state index in [4.69, 9.17) is 13.9 Å². The van der Waals surface area contributed by atoms with Gasteiger partial charge in [-0.3, -0.25) is 4.79 Å². The van der Waals surface area contributed by atoms with Gasteiger partial charge in [0, 0.05) is 27.4 Å². The van der Waals surface area contributed by atoms with Crippen LogP contribution in [0.2, 0.25) is 0 Å². The molecular formula is C23H25BrO4. The lowest BCUT2D eigenvalue weighted by atomic mass is 10.1. The number of halogens is 1. The predicted octanol–water partition coefficient (Wildman–Crippen LogP) is 6.14. The van der Waals surface area contributed by atoms with Crippen molar-refractivity contribution in [3.63, 3.8) is 0 Å². The lowest BCUT2D eigenvalue weighted by molar-refractivity contribution is -0.142. The number of fused-ring (bicyclic) bond motifs is 1. The maximum absolute atomic E-state index is 11.9. The topological polar surface area (TPSA) is 48.7 Å². The molecule has 0 atom stereocenters. The van der Waals surface area contributed by atoms with E-state index in [1.807, 2.05) is 44.2 Å². The van der Waals surface area contributed by atoms with Crippen molar-refractivity contribution in [3.05, 3.63) is 63.3 Å². The first-order valence-corrected chi connectivity index (χ1v) is 10.4. The predicted molar refractivity (Wildman–Crippen MR) is 114 cm³/mol. The number of carbonyl (C=O) groups is 1. The Kier molecular flexibility index (Phi) is 6.79. The Bertz CT molecular complexity index is 974. The molecule has 0 radical (unpaired) electrons. The molecule has 0 spiro atoms. The molecule has 1 heterocycles. The molecule has 3 aromatic rings. The third-order valence-corrected chi connectivity index (χ3v) is 5.04. The second kappa shape index (κ2) is 9.28. The van der Waals surface area contributed by atoms with E-state index in [2.05, 4.69) is 28.9 Å². The fraction of sp³-hybridized carbons (Fsp3) is 0.348. The molecule has 0 unspecified atom stereocenters. The minimum atomic E-state index is -0.249. The van der Waals surface area contributed by atoms with Crippen molar-refractivity contribution in [1.82, 2.24) is 0 Å². The highest BCUT2D eigenvalue weighted by Gasteiger charge is 2.16. The van der Waals surface area contributed by atoms with Gasteiger partial charge in [-0.25, -0.2) is 0 Å². The van der Waals surface area contributed by atoms with Crippen LogP contribution < -0.4 is 4.74 Å². The summed E-state index contributed by atoms with van der Waals surface area (Å²) in [6.07, 6.45) is 2.05. The van der Waals surface area contributed by atoms with Crippen LogP contribution in [0.5, 0.6) is 5.75 Å². The fourth-order valence-corrected chi connectivity index (χ4v) is 3.58. The Hall–Kier alpha value is -2.27. The number of hydrogen-bond acceptors (Lipinski definition) is 4. The van der Waals surface area contributed by atoms with E-state index >= 15 is 0 Å². The van der Waals surface area contributed by atoms with Crippen LogP contribution in [0.15, 0.2) is 45.3 Å². The molecule has 28 heavy (non-hydrogen) atoms. The van der Waals surface area contributed by atoms with E-state index in [9.17, 15) is 4.79 Å². The number of furan rings is 1. The maximum atomic E-state index is 11.9. The molecule has 3 rings (SSSR count). The summed E-state index contributed by atoms with van der Waals surface area (Å²) in [5, 5.41) is 1.05. The van der Waals surface area contributed by atoms with Crippen LogP contribution >= 0.6 is 15.9 Å². The standard InChI is InChI=1S/C23H25BrO4/c1-4-6-20-19(18-13-17(24)9-10-21(18)28-20)14-27-22-11-15(3)7-8-16(22)12-23(25)26-5-2/h7-11,13H,4-6,12,14H2,1-3H3. The normalized spacial score (nSPS) is 11.0. The molecular weight excluding hydrogens is 420 g/mol. The average Bonchev–Trinajstić information content (AvgIpc) is 2.99. The molecule has 2 aromatic carbocycles. The lowest BCUT2D eigenvalue weighted by Gasteiger charge is -2.13. The molecule has 4 nitrogen and oxygen atoms in total. The van der Waals surface area contributed by atoms with Crippen molar-refractivity contribution in [2.45, 2.75) is 46.6 Å². The van der Waals surface area contributed by atoms with Gasteiger partial charge in [0.2, 0.25) is 0 Å². The summed E-state index contributed by atoms with van der Waals surface area (Å²) in [6.45, 7) is 6.71. The third-order valence-electron chi connectivity index (χ3n) is 4.55. The van der Waals surface area contributed by atoms with E-state index in [0.717, 1.165) is 50.7 Å². The Labute approximate surface area is 174 Å². The number of hydrogen-bond donors (Lipinski definition) is 0. The van der Waals surface area contributed by atoms with Gasteiger partial charge in [-0.2, -0.15) is 0 Å². The first kappa shape index (κ1) is 20.5. The smallest absolute Gasteiger partial charge is 0.310 e. The largest absolute Gasteiger partial charge is 0.488 e. The van der Waals surface area contributed by atoms with Gasteiger partial charge in [-0.1, -0.05) is 35.0 Å². The Balaban J connectivity index is 1.89. The molecule has 0 N–H and O–H groups in total. The van der Waals surface area contributed by atoms with Crippen LogP contribution in [0.1, 0.15) is 42.7 Å². The quantitative estimate of drug-likeness (QED) is 0.391. The molecule has 0 fully saturated rings. The second-order valence-corrected chi connectivity index (χ2v) is 7.69. The SMILES string of the molecule is CCCc1oc2ccc(Br)cc2c1COc1cc(C)ccc1CC(=O)OCC. The molecule has 0 saturated heterocycles. The van der Waals surface area contributed by atoms with E-state index in [1.165, 1.54) is 0 Å². The van der Waals surface area contributed by atoms with Gasteiger partial charge in [0.05, 0.1) is 13.0 Å². The molecule has 0 aliphatic carbocycles. The van der Waals surface area contributed by atoms with Gasteiger partial charge in [-0.15, -0.1) is 0 Å². The molecule has 0 aliphatic rings. The van der Waals surface area contributed by atoms with Crippen LogP contribution in [0, 0.1) is 6.92 Å². The summed E-state index contributed by atoms with van der Waals surface area (Å²) < 4.78 is 18.3. The maximum Gasteiger partial charge on any atom is 0.310 e. The zero-order valence-electron chi connectivity index (χ0n) is 16.5. The van der Waals surface area contributed by atoms with Crippen molar-refractivity contribution in [3.8, 4) is 5.75 Å². The summed E-state index contributed by atoms with van der Waals surface area (Å²) >= 11 is 3.54. The summed E-state index contributed by atoms with van der Waals surface area (Å²) in [5.41, 5.74) is 3.83. The van der Waals surface area contributed by atoms with Gasteiger partial charge < -0.3 is 13.9 Å². The summed E-state index contributed by atoms with van der Waals surface area (Å²) in [7, 11) is 0. The Morgan fingerprint density at radius 1 is 1.14 bits per heavy atom. The number of ether oxygens (including phenoxy) is 2. The summed E-state index contributed by atoms with van der Waals surface area (Å²) in [6, 6.07) is 11.9. The number of rotatable bonds is 8. The Morgan fingerprint density at radius 2 is 1.96 bits per heavy atom. The molecule has 148 valence electrons. The van der Waals surface area contributed by atoms with E-state index in [0.29, 0.717) is 19.0 Å². The number of benzene rings is 2. The van der Waals surface area contributed by atoms with Crippen molar-refractivity contribution in [2.75, 3.05) is 6.61 Å². The van der Waals surface area contributed by atoms with Gasteiger partial charge in [0.15, 0.2) is 0 Å². The zero-order valence-corrected chi connectivity index (χ0v) is 18.1. The monoisotopic (exact) mass is 444 g/mol. The highest BCUT2D eigenvalue weighted by Crippen LogP contribution is 2.31. The summed E-state index contributed by atoms with van der Waals surface area (Å²) in [5.74, 6) is 1.41. The first-order chi connectivity index (χ1) is 13.5. The molecule has 0 saturated carbocycles. The van der Waals surface area contributed by atoms with Crippen molar-refractivity contribution in [2.24, 2.45) is 0 Å². The van der Waals surface area contributed by atoms with Crippen LogP contribution in [0.4, 0.5) is 0 Å². The van der Waals surface area contributed by atoms with Gasteiger partial charge in [0.25, 0.3) is 0 Å². The molecule has 0 amide bonds. The second-order valence-electron chi connectivity index (χ2n) is 6.78. The highest BCUT2D eigenvalue weighted by atomic mass is 79.9. The molecule has 0 bridgehead atoms. The Morgan fingerprint density at radius 3 is 2.71 bits per heavy atom. The highest BCUT2D eigenvalue weighted by molar-refractivity contribution is 9.10. The summed E-state index contributed by atoms with van der Waals surface area (Å²) in [4.78, 5) is 11.9. The van der Waals surface area contributed by atoms with E-state index < -0.39 is 0 Å². The number of carbonyl (C=O) groups excluding carboxylic acids is 1. The van der Waals surface area contributed by atoms with Crippen molar-refractivity contribution in [1.29, 1.82) is 0 Å². The van der Waals surface area contributed by atoms with E-state index in [-0.39, 0.29) is 12.4 Å². The van der Waals surface area contributed by atoms with Gasteiger partial charge >= 0.3 is 5.97 Å². The molecule has 0 aliphatic heterocycles.